The molecular formula is C17H14F4O5S. The molecule has 0 unspecified atom stereocenters. The molecule has 0 saturated heterocycles. The number of ether oxygens (including phenoxy) is 1. The van der Waals surface area contributed by atoms with Gasteiger partial charge in [0.05, 0.1) is 18.6 Å². The highest BCUT2D eigenvalue weighted by molar-refractivity contribution is 7.87. The van der Waals surface area contributed by atoms with E-state index in [1.807, 2.05) is 30.3 Å². The van der Waals surface area contributed by atoms with E-state index in [4.69, 9.17) is 4.55 Å². The lowest BCUT2D eigenvalue weighted by Gasteiger charge is -2.23. The summed E-state index contributed by atoms with van der Waals surface area (Å²) in [5.41, 5.74) is 1.66. The molecule has 0 aliphatic carbocycles. The van der Waals surface area contributed by atoms with Crippen LogP contribution in [0.2, 0.25) is 0 Å². The van der Waals surface area contributed by atoms with Gasteiger partial charge in [-0.1, -0.05) is 42.5 Å². The van der Waals surface area contributed by atoms with Gasteiger partial charge in [0.25, 0.3) is 0 Å². The van der Waals surface area contributed by atoms with Gasteiger partial charge in [-0.15, -0.1) is 0 Å². The van der Waals surface area contributed by atoms with E-state index >= 15 is 0 Å². The van der Waals surface area contributed by atoms with E-state index in [0.29, 0.717) is 0 Å². The van der Waals surface area contributed by atoms with Crippen LogP contribution in [-0.4, -0.2) is 36.7 Å². The van der Waals surface area contributed by atoms with Crippen molar-refractivity contribution < 1.29 is 40.1 Å². The summed E-state index contributed by atoms with van der Waals surface area (Å²) in [4.78, 5) is 11.8. The van der Waals surface area contributed by atoms with Crippen molar-refractivity contribution in [1.29, 1.82) is 0 Å². The van der Waals surface area contributed by atoms with Gasteiger partial charge in [0, 0.05) is 0 Å². The van der Waals surface area contributed by atoms with Gasteiger partial charge in [0.1, 0.15) is 0 Å². The number of alkyl halides is 4. The zero-order valence-electron chi connectivity index (χ0n) is 13.6. The number of esters is 1. The molecule has 27 heavy (non-hydrogen) atoms. The van der Waals surface area contributed by atoms with Crippen LogP contribution in [0.25, 0.3) is 11.1 Å². The van der Waals surface area contributed by atoms with Crippen LogP contribution in [0.3, 0.4) is 0 Å². The van der Waals surface area contributed by atoms with Crippen LogP contribution in [0.5, 0.6) is 0 Å². The van der Waals surface area contributed by atoms with Crippen molar-refractivity contribution in [2.24, 2.45) is 0 Å². The third-order valence-electron chi connectivity index (χ3n) is 3.63. The lowest BCUT2D eigenvalue weighted by Crippen LogP contribution is -2.47. The molecule has 0 bridgehead atoms. The minimum Gasteiger partial charge on any atom is -0.462 e. The van der Waals surface area contributed by atoms with Crippen LogP contribution in [0.4, 0.5) is 17.6 Å². The standard InChI is InChI=1S/C17H14F4O5S/c18-16(19,17(20,21)27(23,24)25)10-11-26-15(22)14-8-6-13(7-9-14)12-4-2-1-3-5-12/h1-9H,10-11H2,(H,23,24,25). The second kappa shape index (κ2) is 7.65. The monoisotopic (exact) mass is 406 g/mol. The number of hydrogen-bond donors (Lipinski definition) is 1. The summed E-state index contributed by atoms with van der Waals surface area (Å²) in [6.45, 7) is -1.17. The Morgan fingerprint density at radius 3 is 1.96 bits per heavy atom. The quantitative estimate of drug-likeness (QED) is 0.427. The van der Waals surface area contributed by atoms with Gasteiger partial charge < -0.3 is 4.74 Å². The average molecular weight is 406 g/mol. The zero-order valence-corrected chi connectivity index (χ0v) is 14.4. The van der Waals surface area contributed by atoms with Crippen molar-refractivity contribution in [3.63, 3.8) is 0 Å². The zero-order chi connectivity index (χ0) is 20.3. The van der Waals surface area contributed by atoms with E-state index in [1.54, 1.807) is 12.1 Å². The van der Waals surface area contributed by atoms with E-state index in [0.717, 1.165) is 11.1 Å². The second-order valence-electron chi connectivity index (χ2n) is 5.53. The van der Waals surface area contributed by atoms with Gasteiger partial charge in [0.2, 0.25) is 0 Å². The summed E-state index contributed by atoms with van der Waals surface area (Å²) in [5, 5.41) is -5.69. The average Bonchev–Trinajstić information content (AvgIpc) is 2.61. The first-order valence-electron chi connectivity index (χ1n) is 7.51. The number of carbonyl (C=O) groups excluding carboxylic acids is 1. The van der Waals surface area contributed by atoms with Crippen molar-refractivity contribution >= 4 is 16.1 Å². The summed E-state index contributed by atoms with van der Waals surface area (Å²) in [6.07, 6.45) is -1.78. The molecular weight excluding hydrogens is 392 g/mol. The van der Waals surface area contributed by atoms with Crippen molar-refractivity contribution in [2.45, 2.75) is 17.6 Å². The SMILES string of the molecule is O=C(OCCC(F)(F)C(F)(F)S(=O)(=O)O)c1ccc(-c2ccccc2)cc1. The third-order valence-corrected chi connectivity index (χ3v) is 4.57. The van der Waals surface area contributed by atoms with Crippen molar-refractivity contribution in [1.82, 2.24) is 0 Å². The minimum absolute atomic E-state index is 0.000428. The van der Waals surface area contributed by atoms with E-state index < -0.39 is 40.3 Å². The second-order valence-corrected chi connectivity index (χ2v) is 6.99. The Balaban J connectivity index is 1.98. The molecule has 2 rings (SSSR count). The molecule has 0 fully saturated rings. The van der Waals surface area contributed by atoms with Gasteiger partial charge in [-0.3, -0.25) is 4.55 Å². The molecule has 0 saturated carbocycles. The number of benzene rings is 2. The van der Waals surface area contributed by atoms with E-state index in [2.05, 4.69) is 4.74 Å². The first-order chi connectivity index (χ1) is 12.5. The van der Waals surface area contributed by atoms with Crippen molar-refractivity contribution in [2.75, 3.05) is 6.61 Å². The van der Waals surface area contributed by atoms with Crippen LogP contribution in [0.15, 0.2) is 54.6 Å². The highest BCUT2D eigenvalue weighted by Gasteiger charge is 2.65. The molecule has 1 N–H and O–H groups in total. The Morgan fingerprint density at radius 1 is 0.926 bits per heavy atom. The fourth-order valence-electron chi connectivity index (χ4n) is 2.12. The normalized spacial score (nSPS) is 12.6. The molecule has 0 atom stereocenters. The maximum Gasteiger partial charge on any atom is 0.431 e. The van der Waals surface area contributed by atoms with Gasteiger partial charge in [-0.05, 0) is 23.3 Å². The van der Waals surface area contributed by atoms with E-state index in [1.165, 1.54) is 12.1 Å². The maximum absolute atomic E-state index is 13.3. The van der Waals surface area contributed by atoms with Crippen LogP contribution in [-0.2, 0) is 14.9 Å². The molecule has 2 aromatic rings. The van der Waals surface area contributed by atoms with E-state index in [9.17, 15) is 30.8 Å². The summed E-state index contributed by atoms with van der Waals surface area (Å²) in [6, 6.07) is 15.1. The summed E-state index contributed by atoms with van der Waals surface area (Å²) < 4.78 is 86.2. The van der Waals surface area contributed by atoms with Crippen LogP contribution >= 0.6 is 0 Å². The topological polar surface area (TPSA) is 80.7 Å². The Bertz CT molecular complexity index is 897. The molecule has 0 spiro atoms. The fraction of sp³-hybridized carbons (Fsp3) is 0.235. The van der Waals surface area contributed by atoms with Crippen LogP contribution in [0.1, 0.15) is 16.8 Å². The summed E-state index contributed by atoms with van der Waals surface area (Å²) >= 11 is 0. The molecule has 0 aromatic heterocycles. The Kier molecular flexibility index (Phi) is 5.91. The predicted octanol–water partition coefficient (Wildman–Crippen LogP) is 4.02. The summed E-state index contributed by atoms with van der Waals surface area (Å²) in [5.74, 6) is -6.15. The maximum atomic E-state index is 13.3. The molecule has 146 valence electrons. The lowest BCUT2D eigenvalue weighted by molar-refractivity contribution is -0.168. The molecule has 0 aliphatic heterocycles. The van der Waals surface area contributed by atoms with E-state index in [-0.39, 0.29) is 5.56 Å². The van der Waals surface area contributed by atoms with Gasteiger partial charge >= 0.3 is 27.3 Å². The molecule has 0 radical (unpaired) electrons. The van der Waals surface area contributed by atoms with Gasteiger partial charge in [0.15, 0.2) is 0 Å². The van der Waals surface area contributed by atoms with Crippen molar-refractivity contribution in [3.05, 3.63) is 60.2 Å². The molecule has 0 aliphatic rings. The molecule has 5 nitrogen and oxygen atoms in total. The number of rotatable bonds is 7. The van der Waals surface area contributed by atoms with Gasteiger partial charge in [-0.25, -0.2) is 4.79 Å². The first kappa shape index (κ1) is 20.8. The molecule has 10 heteroatoms. The summed E-state index contributed by atoms with van der Waals surface area (Å²) in [7, 11) is -6.32. The Labute approximate surface area is 152 Å². The largest absolute Gasteiger partial charge is 0.462 e. The predicted molar refractivity (Wildman–Crippen MR) is 88.2 cm³/mol. The van der Waals surface area contributed by atoms with Crippen LogP contribution < -0.4 is 0 Å². The number of hydrogen-bond acceptors (Lipinski definition) is 4. The highest BCUT2D eigenvalue weighted by Crippen LogP contribution is 2.40. The van der Waals surface area contributed by atoms with Crippen LogP contribution in [0, 0.1) is 0 Å². The Hall–Kier alpha value is -2.46. The smallest absolute Gasteiger partial charge is 0.431 e. The number of carbonyl (C=O) groups is 1. The van der Waals surface area contributed by atoms with Crippen molar-refractivity contribution in [3.8, 4) is 11.1 Å². The fourth-order valence-corrected chi connectivity index (χ4v) is 2.60. The molecule has 0 amide bonds. The minimum atomic E-state index is -6.32. The molecule has 0 heterocycles. The van der Waals surface area contributed by atoms with Gasteiger partial charge in [-0.2, -0.15) is 26.0 Å². The number of halogens is 4. The Morgan fingerprint density at radius 2 is 1.44 bits per heavy atom. The highest BCUT2D eigenvalue weighted by atomic mass is 32.2. The first-order valence-corrected chi connectivity index (χ1v) is 8.95. The lowest BCUT2D eigenvalue weighted by atomic mass is 10.0. The molecule has 2 aromatic carbocycles. The third kappa shape index (κ3) is 4.64.